The van der Waals surface area contributed by atoms with E-state index < -0.39 is 4.92 Å². The van der Waals surface area contributed by atoms with Gasteiger partial charge < -0.3 is 4.74 Å². The number of hydrogen-bond acceptors (Lipinski definition) is 6. The molecule has 0 bridgehead atoms. The van der Waals surface area contributed by atoms with Crippen molar-refractivity contribution in [2.45, 2.75) is 13.8 Å². The topological polar surface area (TPSA) is 89.1 Å². The lowest BCUT2D eigenvalue weighted by molar-refractivity contribution is -0.384. The van der Waals surface area contributed by atoms with Crippen molar-refractivity contribution in [2.24, 2.45) is 10.1 Å². The molecule has 0 fully saturated rings. The summed E-state index contributed by atoms with van der Waals surface area (Å²) in [6, 6.07) is 20.0. The van der Waals surface area contributed by atoms with Crippen molar-refractivity contribution in [3.63, 3.8) is 0 Å². The van der Waals surface area contributed by atoms with Crippen molar-refractivity contribution < 1.29 is 9.66 Å². The lowest BCUT2D eigenvalue weighted by Gasteiger charge is -2.10. The molecule has 150 valence electrons. The number of hydrazone groups is 1. The van der Waals surface area contributed by atoms with E-state index in [0.717, 1.165) is 27.9 Å². The molecule has 3 aromatic rings. The van der Waals surface area contributed by atoms with Gasteiger partial charge in [0.15, 0.2) is 5.84 Å². The number of aryl methyl sites for hydroxylation is 1. The second-order valence-corrected chi connectivity index (χ2v) is 6.81. The van der Waals surface area contributed by atoms with Gasteiger partial charge >= 0.3 is 0 Å². The van der Waals surface area contributed by atoms with E-state index in [1.165, 1.54) is 12.1 Å². The molecule has 1 heterocycles. The van der Waals surface area contributed by atoms with Gasteiger partial charge in [0.05, 0.1) is 17.2 Å². The van der Waals surface area contributed by atoms with Crippen molar-refractivity contribution in [3.05, 3.63) is 99.1 Å². The Hall–Kier alpha value is -4.00. The minimum absolute atomic E-state index is 0.0285. The van der Waals surface area contributed by atoms with E-state index in [-0.39, 0.29) is 5.69 Å². The van der Waals surface area contributed by atoms with Crippen LogP contribution in [0.5, 0.6) is 5.75 Å². The maximum Gasteiger partial charge on any atom is 0.269 e. The van der Waals surface area contributed by atoms with Gasteiger partial charge in [-0.2, -0.15) is 5.10 Å². The van der Waals surface area contributed by atoms with E-state index >= 15 is 0 Å². The summed E-state index contributed by atoms with van der Waals surface area (Å²) in [5.41, 5.74) is 8.05. The number of nitro groups is 1. The van der Waals surface area contributed by atoms with Crippen LogP contribution in [0.1, 0.15) is 29.2 Å². The molecule has 0 spiro atoms. The highest BCUT2D eigenvalue weighted by Crippen LogP contribution is 2.30. The summed E-state index contributed by atoms with van der Waals surface area (Å²) in [5.74, 6) is 1.33. The molecule has 0 saturated heterocycles. The van der Waals surface area contributed by atoms with Gasteiger partial charge in [0.2, 0.25) is 0 Å². The van der Waals surface area contributed by atoms with Crippen molar-refractivity contribution in [2.75, 3.05) is 6.61 Å². The van der Waals surface area contributed by atoms with Crippen LogP contribution in [-0.4, -0.2) is 23.1 Å². The Balaban J connectivity index is 1.82. The molecule has 7 nitrogen and oxygen atoms in total. The van der Waals surface area contributed by atoms with Crippen molar-refractivity contribution >= 4 is 22.9 Å². The summed E-state index contributed by atoms with van der Waals surface area (Å²) >= 11 is 0. The number of aliphatic imine (C=N–C) groups is 1. The Morgan fingerprint density at radius 3 is 2.37 bits per heavy atom. The van der Waals surface area contributed by atoms with Crippen LogP contribution in [-0.2, 0) is 0 Å². The third-order valence-electron chi connectivity index (χ3n) is 4.72. The quantitative estimate of drug-likeness (QED) is 0.495. The van der Waals surface area contributed by atoms with Gasteiger partial charge in [-0.1, -0.05) is 29.8 Å². The van der Waals surface area contributed by atoms with E-state index in [0.29, 0.717) is 23.9 Å². The first-order valence-electron chi connectivity index (χ1n) is 9.56. The van der Waals surface area contributed by atoms with Crippen LogP contribution in [0, 0.1) is 17.0 Å². The zero-order valence-electron chi connectivity index (χ0n) is 16.6. The Kier molecular flexibility index (Phi) is 5.26. The largest absolute Gasteiger partial charge is 0.494 e. The van der Waals surface area contributed by atoms with Gasteiger partial charge in [-0.25, -0.2) is 4.99 Å². The van der Waals surface area contributed by atoms with E-state index in [1.807, 2.05) is 56.3 Å². The Morgan fingerprint density at radius 2 is 1.70 bits per heavy atom. The van der Waals surface area contributed by atoms with Crippen LogP contribution in [0.15, 0.2) is 76.8 Å². The number of benzene rings is 3. The molecule has 1 aliphatic heterocycles. The standard InChI is InChI=1S/C23H20N4O3/c1-3-30-19-12-13-21-20(14-19)22(16-8-10-18(11-9-16)27(28)29)25-26-23(24-21)17-6-4-15(2)5-7-17/h4-14H,3H2,1-2H3,(H,24,26). The van der Waals surface area contributed by atoms with E-state index in [4.69, 9.17) is 9.73 Å². The number of ether oxygens (including phenoxy) is 1. The summed E-state index contributed by atoms with van der Waals surface area (Å²) in [6.07, 6.45) is 0. The number of non-ortho nitro benzene ring substituents is 1. The first-order valence-corrected chi connectivity index (χ1v) is 9.56. The Labute approximate surface area is 173 Å². The highest BCUT2D eigenvalue weighted by atomic mass is 16.6. The molecule has 0 saturated carbocycles. The molecule has 0 amide bonds. The molecule has 1 N–H and O–H groups in total. The molecule has 3 aromatic carbocycles. The number of rotatable bonds is 5. The molecule has 30 heavy (non-hydrogen) atoms. The maximum absolute atomic E-state index is 11.0. The highest BCUT2D eigenvalue weighted by molar-refractivity contribution is 6.18. The van der Waals surface area contributed by atoms with Gasteiger partial charge in [0.25, 0.3) is 5.69 Å². The van der Waals surface area contributed by atoms with Crippen molar-refractivity contribution in [3.8, 4) is 5.75 Å². The van der Waals surface area contributed by atoms with Crippen LogP contribution in [0.3, 0.4) is 0 Å². The average Bonchev–Trinajstić information content (AvgIpc) is 2.94. The molecular weight excluding hydrogens is 380 g/mol. The van der Waals surface area contributed by atoms with Crippen LogP contribution < -0.4 is 10.2 Å². The second kappa shape index (κ2) is 8.16. The summed E-state index contributed by atoms with van der Waals surface area (Å²) in [4.78, 5) is 15.4. The molecule has 0 aliphatic carbocycles. The number of hydrogen-bond donors (Lipinski definition) is 1. The molecular formula is C23H20N4O3. The van der Waals surface area contributed by atoms with Crippen LogP contribution in [0.2, 0.25) is 0 Å². The SMILES string of the molecule is CCOc1ccc2c(c1)C(c1ccc([N+](=O)[O-])cc1)=NNC(c1ccc(C)cc1)=N2. The zero-order chi connectivity index (χ0) is 21.1. The molecule has 7 heteroatoms. The predicted molar refractivity (Wildman–Crippen MR) is 117 cm³/mol. The maximum atomic E-state index is 11.0. The van der Waals surface area contributed by atoms with Crippen LogP contribution >= 0.6 is 0 Å². The Morgan fingerprint density at radius 1 is 1.00 bits per heavy atom. The number of nitro benzene ring substituents is 1. The minimum Gasteiger partial charge on any atom is -0.494 e. The minimum atomic E-state index is -0.420. The summed E-state index contributed by atoms with van der Waals surface area (Å²) in [5, 5.41) is 15.6. The predicted octanol–water partition coefficient (Wildman–Crippen LogP) is 4.74. The number of amidine groups is 1. The zero-order valence-corrected chi connectivity index (χ0v) is 16.6. The third kappa shape index (κ3) is 3.91. The first-order chi connectivity index (χ1) is 14.5. The molecule has 1 aliphatic rings. The number of fused-ring (bicyclic) bond motifs is 1. The summed E-state index contributed by atoms with van der Waals surface area (Å²) in [7, 11) is 0. The number of nitrogens with one attached hydrogen (secondary N) is 1. The highest BCUT2D eigenvalue weighted by Gasteiger charge is 2.19. The van der Waals surface area contributed by atoms with Gasteiger partial charge in [0.1, 0.15) is 11.5 Å². The van der Waals surface area contributed by atoms with E-state index in [9.17, 15) is 10.1 Å². The fraction of sp³-hybridized carbons (Fsp3) is 0.130. The fourth-order valence-corrected chi connectivity index (χ4v) is 3.17. The second-order valence-electron chi connectivity index (χ2n) is 6.81. The smallest absolute Gasteiger partial charge is 0.269 e. The van der Waals surface area contributed by atoms with Crippen molar-refractivity contribution in [1.82, 2.24) is 5.43 Å². The average molecular weight is 400 g/mol. The van der Waals surface area contributed by atoms with E-state index in [2.05, 4.69) is 10.5 Å². The molecule has 4 rings (SSSR count). The molecule has 0 atom stereocenters. The lowest BCUT2D eigenvalue weighted by atomic mass is 10.00. The summed E-state index contributed by atoms with van der Waals surface area (Å²) in [6.45, 7) is 4.49. The van der Waals surface area contributed by atoms with Gasteiger partial charge in [-0.3, -0.25) is 15.5 Å². The normalized spacial score (nSPS) is 12.7. The molecule has 0 radical (unpaired) electrons. The van der Waals surface area contributed by atoms with Gasteiger partial charge in [-0.05, 0) is 44.2 Å². The molecule has 0 aromatic heterocycles. The van der Waals surface area contributed by atoms with Crippen molar-refractivity contribution in [1.29, 1.82) is 0 Å². The monoisotopic (exact) mass is 400 g/mol. The molecule has 0 unspecified atom stereocenters. The van der Waals surface area contributed by atoms with Gasteiger partial charge in [0, 0.05) is 28.8 Å². The lowest BCUT2D eigenvalue weighted by Crippen LogP contribution is -2.19. The van der Waals surface area contributed by atoms with E-state index in [1.54, 1.807) is 12.1 Å². The summed E-state index contributed by atoms with van der Waals surface area (Å²) < 4.78 is 5.66. The number of nitrogens with zero attached hydrogens (tertiary/aromatic N) is 3. The van der Waals surface area contributed by atoms with Crippen LogP contribution in [0.4, 0.5) is 11.4 Å². The Bertz CT molecular complexity index is 1150. The third-order valence-corrected chi connectivity index (χ3v) is 4.72. The van der Waals surface area contributed by atoms with Gasteiger partial charge in [-0.15, -0.1) is 0 Å². The fourth-order valence-electron chi connectivity index (χ4n) is 3.17. The first kappa shape index (κ1) is 19.3. The van der Waals surface area contributed by atoms with Crippen LogP contribution in [0.25, 0.3) is 0 Å².